The molecule has 2 aliphatic rings. The van der Waals surface area contributed by atoms with E-state index in [4.69, 9.17) is 23.7 Å². The van der Waals surface area contributed by atoms with Gasteiger partial charge in [0.15, 0.2) is 6.29 Å². The topological polar surface area (TPSA) is 207 Å². The van der Waals surface area contributed by atoms with Gasteiger partial charge >= 0.3 is 59.1 Å². The fourth-order valence-corrected chi connectivity index (χ4v) is 3.71. The molecule has 32 heavy (non-hydrogen) atoms. The van der Waals surface area contributed by atoms with Crippen LogP contribution in [0, 0.1) is 5.41 Å². The van der Waals surface area contributed by atoms with Gasteiger partial charge in [0.2, 0.25) is 0 Å². The van der Waals surface area contributed by atoms with Crippen LogP contribution in [0.5, 0.6) is 0 Å². The number of carboxylic acids is 2. The fourth-order valence-electron chi connectivity index (χ4n) is 3.71. The zero-order chi connectivity index (χ0) is 22.8. The summed E-state index contributed by atoms with van der Waals surface area (Å²) in [5.74, 6) is -3.55. The molecule has 2 rings (SSSR count). The molecule has 0 amide bonds. The van der Waals surface area contributed by atoms with Crippen molar-refractivity contribution in [2.75, 3.05) is 27.4 Å². The molecule has 0 aliphatic carbocycles. The maximum Gasteiger partial charge on any atom is 1.00 e. The first-order valence-corrected chi connectivity index (χ1v) is 9.07. The summed E-state index contributed by atoms with van der Waals surface area (Å²) in [6.45, 7) is 0.700. The third-order valence-electron chi connectivity index (χ3n) is 5.36. The smallest absolute Gasteiger partial charge is 0.547 e. The molecule has 2 heterocycles. The van der Waals surface area contributed by atoms with Crippen LogP contribution in [0.1, 0.15) is 6.92 Å². The van der Waals surface area contributed by atoms with E-state index in [9.17, 15) is 40.2 Å². The summed E-state index contributed by atoms with van der Waals surface area (Å²) in [7, 11) is 2.51. The largest absolute Gasteiger partial charge is 1.00 e. The molecule has 2 aliphatic heterocycles. The number of carbonyl (C=O) groups is 2. The first-order chi connectivity index (χ1) is 14.0. The van der Waals surface area contributed by atoms with Crippen molar-refractivity contribution in [3.05, 3.63) is 0 Å². The molecule has 0 aromatic carbocycles. The maximum atomic E-state index is 11.6. The van der Waals surface area contributed by atoms with Gasteiger partial charge < -0.3 is 63.9 Å². The van der Waals surface area contributed by atoms with Crippen molar-refractivity contribution < 1.29 is 123 Å². The van der Waals surface area contributed by atoms with Crippen LogP contribution in [0.4, 0.5) is 0 Å². The van der Waals surface area contributed by atoms with Gasteiger partial charge in [0, 0.05) is 14.2 Å². The van der Waals surface area contributed by atoms with E-state index in [0.717, 1.165) is 0 Å². The third kappa shape index (κ3) is 6.62. The molecule has 13 nitrogen and oxygen atoms in total. The predicted molar refractivity (Wildman–Crippen MR) is 88.1 cm³/mol. The molecule has 0 spiro atoms. The molecule has 0 radical (unpaired) electrons. The summed E-state index contributed by atoms with van der Waals surface area (Å²) < 4.78 is 25.4. The molecule has 15 heteroatoms. The Labute approximate surface area is 228 Å². The van der Waals surface area contributed by atoms with Crippen LogP contribution in [-0.2, 0) is 33.3 Å². The normalized spacial score (nSPS) is 41.8. The molecular weight excluding hydrogens is 458 g/mol. The number of aliphatic hydroxyl groups excluding tert-OH is 4. The Hall–Kier alpha value is 0.580. The van der Waals surface area contributed by atoms with Crippen molar-refractivity contribution in [2.24, 2.45) is 5.41 Å². The molecule has 4 N–H and O–H groups in total. The molecule has 10 atom stereocenters. The summed E-state index contributed by atoms with van der Waals surface area (Å²) in [6, 6.07) is 0. The van der Waals surface area contributed by atoms with Gasteiger partial charge in [-0.2, -0.15) is 0 Å². The number of aliphatic hydroxyl groups is 4. The zero-order valence-electron chi connectivity index (χ0n) is 18.6. The SMILES string of the molecule is COCC1OC(C(=O)[O-])C(OC2OC(C(=O)[O-])C(C)(COC)C(O)C2O)C(O)C1O.[Na+].[Na+]. The number of methoxy groups -OCH3 is 2. The van der Waals surface area contributed by atoms with Crippen LogP contribution in [0.25, 0.3) is 0 Å². The monoisotopic (exact) mass is 484 g/mol. The molecule has 0 aromatic heterocycles. The van der Waals surface area contributed by atoms with Gasteiger partial charge in [-0.1, -0.05) is 6.92 Å². The Balaban J connectivity index is 0.00000480. The predicted octanol–water partition coefficient (Wildman–Crippen LogP) is -11.9. The summed E-state index contributed by atoms with van der Waals surface area (Å²) in [5, 5.41) is 64.5. The average molecular weight is 484 g/mol. The summed E-state index contributed by atoms with van der Waals surface area (Å²) in [5.41, 5.74) is -1.63. The number of hydrogen-bond acceptors (Lipinski definition) is 13. The van der Waals surface area contributed by atoms with E-state index in [0.29, 0.717) is 0 Å². The number of carbonyl (C=O) groups excluding carboxylic acids is 2. The van der Waals surface area contributed by atoms with E-state index < -0.39 is 72.5 Å². The van der Waals surface area contributed by atoms with Crippen molar-refractivity contribution in [3.63, 3.8) is 0 Å². The van der Waals surface area contributed by atoms with E-state index in [1.165, 1.54) is 21.1 Å². The summed E-state index contributed by atoms with van der Waals surface area (Å²) >= 11 is 0. The first kappa shape index (κ1) is 32.6. The average Bonchev–Trinajstić information content (AvgIpc) is 2.67. The van der Waals surface area contributed by atoms with Crippen molar-refractivity contribution >= 4 is 11.9 Å². The second-order valence-electron chi connectivity index (χ2n) is 7.53. The van der Waals surface area contributed by atoms with Crippen LogP contribution >= 0.6 is 0 Å². The van der Waals surface area contributed by atoms with Crippen LogP contribution in [0.3, 0.4) is 0 Å². The first-order valence-electron chi connectivity index (χ1n) is 9.07. The zero-order valence-corrected chi connectivity index (χ0v) is 22.6. The van der Waals surface area contributed by atoms with Crippen LogP contribution in [0.2, 0.25) is 0 Å². The van der Waals surface area contributed by atoms with Crippen LogP contribution in [0.15, 0.2) is 0 Å². The van der Waals surface area contributed by atoms with Gasteiger partial charge in [0.05, 0.1) is 36.7 Å². The second-order valence-corrected chi connectivity index (χ2v) is 7.53. The molecule has 0 saturated carbocycles. The Morgan fingerprint density at radius 2 is 1.53 bits per heavy atom. The molecule has 0 bridgehead atoms. The van der Waals surface area contributed by atoms with Crippen LogP contribution < -0.4 is 69.3 Å². The minimum Gasteiger partial charge on any atom is -0.547 e. The van der Waals surface area contributed by atoms with E-state index in [-0.39, 0.29) is 72.3 Å². The second kappa shape index (κ2) is 13.6. The van der Waals surface area contributed by atoms with Crippen molar-refractivity contribution in [3.8, 4) is 0 Å². The number of carboxylic acid groups (broad SMARTS) is 2. The molecule has 2 saturated heterocycles. The minimum atomic E-state index is -1.93. The molecule has 0 aromatic rings. The van der Waals surface area contributed by atoms with Gasteiger partial charge in [-0.05, 0) is 0 Å². The minimum absolute atomic E-state index is 0. The van der Waals surface area contributed by atoms with E-state index in [1.807, 2.05) is 0 Å². The summed E-state index contributed by atoms with van der Waals surface area (Å²) in [4.78, 5) is 23.1. The van der Waals surface area contributed by atoms with Crippen molar-refractivity contribution in [2.45, 2.75) is 62.0 Å². The quantitative estimate of drug-likeness (QED) is 0.236. The van der Waals surface area contributed by atoms with E-state index in [1.54, 1.807) is 0 Å². The standard InChI is InChI=1S/C17H28O13.2Na/c1-17(5-27-3)12(21)9(20)16(30-13(17)15(24)25)29-10-8(19)7(18)6(4-26-2)28-11(10)14(22)23;;/h6-13,16,18-21H,4-5H2,1-3H3,(H,22,23)(H,24,25);;/q;2*+1/p-2. The Morgan fingerprint density at radius 3 is 2.00 bits per heavy atom. The molecule has 10 unspecified atom stereocenters. The van der Waals surface area contributed by atoms with Gasteiger partial charge in [0.25, 0.3) is 0 Å². The number of aliphatic carboxylic acids is 2. The number of hydrogen-bond donors (Lipinski definition) is 4. The van der Waals surface area contributed by atoms with Gasteiger partial charge in [-0.15, -0.1) is 0 Å². The summed E-state index contributed by atoms with van der Waals surface area (Å²) in [6.07, 6.45) is -15.9. The Morgan fingerprint density at radius 1 is 0.938 bits per heavy atom. The van der Waals surface area contributed by atoms with Crippen molar-refractivity contribution in [1.82, 2.24) is 0 Å². The Kier molecular flexibility index (Phi) is 13.9. The Bertz CT molecular complexity index is 625. The third-order valence-corrected chi connectivity index (χ3v) is 5.36. The number of rotatable bonds is 8. The fraction of sp³-hybridized carbons (Fsp3) is 0.882. The van der Waals surface area contributed by atoms with E-state index >= 15 is 0 Å². The van der Waals surface area contributed by atoms with Crippen LogP contribution in [-0.4, -0.2) is 115 Å². The molecule has 174 valence electrons. The number of ether oxygens (including phenoxy) is 5. The maximum absolute atomic E-state index is 11.6. The molecule has 2 fully saturated rings. The van der Waals surface area contributed by atoms with Gasteiger partial charge in [-0.25, -0.2) is 0 Å². The van der Waals surface area contributed by atoms with Gasteiger partial charge in [0.1, 0.15) is 42.7 Å². The van der Waals surface area contributed by atoms with E-state index in [2.05, 4.69) is 0 Å². The molecular formula is C17H26Na2O13. The van der Waals surface area contributed by atoms with Gasteiger partial charge in [-0.3, -0.25) is 0 Å². The van der Waals surface area contributed by atoms with Crippen molar-refractivity contribution in [1.29, 1.82) is 0 Å².